The van der Waals surface area contributed by atoms with Gasteiger partial charge < -0.3 is 5.73 Å². The number of hydrogen-bond donors (Lipinski definition) is 1. The SMILES string of the molecule is CC(C)Cc1nc(-c2ccc(N)cn2)n(C)n1. The minimum absolute atomic E-state index is 0.546. The summed E-state index contributed by atoms with van der Waals surface area (Å²) in [5, 5.41) is 4.38. The molecule has 90 valence electrons. The lowest BCUT2D eigenvalue weighted by Gasteiger charge is -1.98. The average Bonchev–Trinajstić information content (AvgIpc) is 2.59. The highest BCUT2D eigenvalue weighted by molar-refractivity contribution is 5.52. The van der Waals surface area contributed by atoms with Crippen LogP contribution in [0.4, 0.5) is 5.69 Å². The number of rotatable bonds is 3. The van der Waals surface area contributed by atoms with E-state index in [4.69, 9.17) is 5.73 Å². The molecular weight excluding hydrogens is 214 g/mol. The molecule has 2 heterocycles. The van der Waals surface area contributed by atoms with Gasteiger partial charge in [-0.2, -0.15) is 5.10 Å². The van der Waals surface area contributed by atoms with E-state index < -0.39 is 0 Å². The lowest BCUT2D eigenvalue weighted by molar-refractivity contribution is 0.613. The Morgan fingerprint density at radius 3 is 2.71 bits per heavy atom. The molecule has 0 aliphatic heterocycles. The zero-order valence-electron chi connectivity index (χ0n) is 10.4. The van der Waals surface area contributed by atoms with Gasteiger partial charge in [0.25, 0.3) is 0 Å². The summed E-state index contributed by atoms with van der Waals surface area (Å²) in [6.45, 7) is 4.30. The lowest BCUT2D eigenvalue weighted by Crippen LogP contribution is -1.98. The fourth-order valence-corrected chi connectivity index (χ4v) is 1.65. The van der Waals surface area contributed by atoms with E-state index in [9.17, 15) is 0 Å². The molecule has 0 aliphatic rings. The van der Waals surface area contributed by atoms with Gasteiger partial charge in [-0.15, -0.1) is 0 Å². The summed E-state index contributed by atoms with van der Waals surface area (Å²) in [7, 11) is 1.88. The van der Waals surface area contributed by atoms with Gasteiger partial charge in [0.05, 0.1) is 11.9 Å². The van der Waals surface area contributed by atoms with Gasteiger partial charge in [0, 0.05) is 13.5 Å². The summed E-state index contributed by atoms with van der Waals surface area (Å²) in [5.74, 6) is 2.18. The molecule has 0 bridgehead atoms. The number of nitrogens with zero attached hydrogens (tertiary/aromatic N) is 4. The van der Waals surface area contributed by atoms with Gasteiger partial charge in [-0.05, 0) is 18.1 Å². The van der Waals surface area contributed by atoms with Crippen LogP contribution in [0, 0.1) is 5.92 Å². The zero-order chi connectivity index (χ0) is 12.4. The second kappa shape index (κ2) is 4.53. The molecule has 0 aliphatic carbocycles. The van der Waals surface area contributed by atoms with Gasteiger partial charge in [-0.1, -0.05) is 13.8 Å². The Hall–Kier alpha value is -1.91. The molecule has 2 N–H and O–H groups in total. The van der Waals surface area contributed by atoms with Gasteiger partial charge in [0.1, 0.15) is 5.69 Å². The van der Waals surface area contributed by atoms with Crippen molar-refractivity contribution in [2.45, 2.75) is 20.3 Å². The van der Waals surface area contributed by atoms with Crippen molar-refractivity contribution in [3.8, 4) is 11.5 Å². The molecular formula is C12H17N5. The molecule has 0 radical (unpaired) electrons. The summed E-state index contributed by atoms with van der Waals surface area (Å²) in [6.07, 6.45) is 2.51. The van der Waals surface area contributed by atoms with Crippen molar-refractivity contribution in [3.63, 3.8) is 0 Å². The maximum Gasteiger partial charge on any atom is 0.176 e. The minimum atomic E-state index is 0.546. The Morgan fingerprint density at radius 2 is 2.12 bits per heavy atom. The molecule has 0 saturated heterocycles. The number of nitrogens with two attached hydrogens (primary N) is 1. The Morgan fingerprint density at radius 1 is 1.35 bits per heavy atom. The molecule has 17 heavy (non-hydrogen) atoms. The molecule has 0 atom stereocenters. The first-order chi connectivity index (χ1) is 8.06. The molecule has 5 heteroatoms. The number of pyridine rings is 1. The highest BCUT2D eigenvalue weighted by Crippen LogP contribution is 2.16. The van der Waals surface area contributed by atoms with Crippen LogP contribution in [0.1, 0.15) is 19.7 Å². The van der Waals surface area contributed by atoms with Crippen LogP contribution in [-0.2, 0) is 13.5 Å². The van der Waals surface area contributed by atoms with Crippen LogP contribution in [-0.4, -0.2) is 19.7 Å². The Kier molecular flexibility index (Phi) is 3.08. The Labute approximate surface area is 101 Å². The lowest BCUT2D eigenvalue weighted by atomic mass is 10.1. The summed E-state index contributed by atoms with van der Waals surface area (Å²) in [4.78, 5) is 8.75. The summed E-state index contributed by atoms with van der Waals surface area (Å²) in [5.41, 5.74) is 7.06. The van der Waals surface area contributed by atoms with Crippen molar-refractivity contribution in [2.75, 3.05) is 5.73 Å². The first kappa shape index (κ1) is 11.6. The molecule has 5 nitrogen and oxygen atoms in total. The van der Waals surface area contributed by atoms with Gasteiger partial charge in [-0.3, -0.25) is 4.98 Å². The zero-order valence-corrected chi connectivity index (χ0v) is 10.4. The van der Waals surface area contributed by atoms with Crippen LogP contribution in [0.2, 0.25) is 0 Å². The van der Waals surface area contributed by atoms with Crippen LogP contribution in [0.15, 0.2) is 18.3 Å². The van der Waals surface area contributed by atoms with Crippen molar-refractivity contribution < 1.29 is 0 Å². The normalized spacial score (nSPS) is 11.1. The molecule has 0 amide bonds. The maximum absolute atomic E-state index is 5.61. The molecule has 0 fully saturated rings. The van der Waals surface area contributed by atoms with Gasteiger partial charge >= 0.3 is 0 Å². The van der Waals surface area contributed by atoms with Gasteiger partial charge in [0.2, 0.25) is 0 Å². The third-order valence-electron chi connectivity index (χ3n) is 2.41. The fraction of sp³-hybridized carbons (Fsp3) is 0.417. The second-order valence-electron chi connectivity index (χ2n) is 4.55. The van der Waals surface area contributed by atoms with Crippen molar-refractivity contribution in [2.24, 2.45) is 13.0 Å². The molecule has 2 aromatic heterocycles. The predicted molar refractivity (Wildman–Crippen MR) is 67.2 cm³/mol. The average molecular weight is 231 g/mol. The summed E-state index contributed by atoms with van der Waals surface area (Å²) < 4.78 is 1.76. The van der Waals surface area contributed by atoms with Gasteiger partial charge in [-0.25, -0.2) is 9.67 Å². The fourth-order valence-electron chi connectivity index (χ4n) is 1.65. The number of anilines is 1. The van der Waals surface area contributed by atoms with E-state index in [-0.39, 0.29) is 0 Å². The largest absolute Gasteiger partial charge is 0.397 e. The number of hydrogen-bond acceptors (Lipinski definition) is 4. The number of aryl methyl sites for hydroxylation is 1. The number of aromatic nitrogens is 4. The molecule has 0 spiro atoms. The van der Waals surface area contributed by atoms with Crippen molar-refractivity contribution >= 4 is 5.69 Å². The third-order valence-corrected chi connectivity index (χ3v) is 2.41. The van der Waals surface area contributed by atoms with Crippen molar-refractivity contribution in [3.05, 3.63) is 24.2 Å². The highest BCUT2D eigenvalue weighted by Gasteiger charge is 2.11. The minimum Gasteiger partial charge on any atom is -0.397 e. The number of nitrogen functional groups attached to an aromatic ring is 1. The first-order valence-corrected chi connectivity index (χ1v) is 5.68. The topological polar surface area (TPSA) is 69.6 Å². The van der Waals surface area contributed by atoms with E-state index in [1.54, 1.807) is 10.9 Å². The molecule has 2 aromatic rings. The predicted octanol–water partition coefficient (Wildman–Crippen LogP) is 1.66. The van der Waals surface area contributed by atoms with E-state index in [1.165, 1.54) is 0 Å². The van der Waals surface area contributed by atoms with Crippen molar-refractivity contribution in [1.29, 1.82) is 0 Å². The van der Waals surface area contributed by atoms with E-state index >= 15 is 0 Å². The van der Waals surface area contributed by atoms with E-state index in [0.29, 0.717) is 11.6 Å². The van der Waals surface area contributed by atoms with Crippen LogP contribution in [0.5, 0.6) is 0 Å². The summed E-state index contributed by atoms with van der Waals surface area (Å²) >= 11 is 0. The quantitative estimate of drug-likeness (QED) is 0.872. The molecule has 0 aromatic carbocycles. The molecule has 2 rings (SSSR count). The maximum atomic E-state index is 5.61. The Balaban J connectivity index is 2.32. The Bertz CT molecular complexity index is 498. The standard InChI is InChI=1S/C12H17N5/c1-8(2)6-11-15-12(17(3)16-11)10-5-4-9(13)7-14-10/h4-5,7-8H,6,13H2,1-3H3. The highest BCUT2D eigenvalue weighted by atomic mass is 15.3. The third kappa shape index (κ3) is 2.61. The van der Waals surface area contributed by atoms with E-state index in [2.05, 4.69) is 28.9 Å². The molecule has 0 unspecified atom stereocenters. The monoisotopic (exact) mass is 231 g/mol. The van der Waals surface area contributed by atoms with Crippen LogP contribution in [0.3, 0.4) is 0 Å². The van der Waals surface area contributed by atoms with E-state index in [1.807, 2.05) is 19.2 Å². The van der Waals surface area contributed by atoms with Crippen LogP contribution >= 0.6 is 0 Å². The first-order valence-electron chi connectivity index (χ1n) is 5.68. The van der Waals surface area contributed by atoms with Crippen molar-refractivity contribution in [1.82, 2.24) is 19.7 Å². The smallest absolute Gasteiger partial charge is 0.176 e. The van der Waals surface area contributed by atoms with Crippen LogP contribution < -0.4 is 5.73 Å². The van der Waals surface area contributed by atoms with Crippen LogP contribution in [0.25, 0.3) is 11.5 Å². The second-order valence-corrected chi connectivity index (χ2v) is 4.55. The van der Waals surface area contributed by atoms with E-state index in [0.717, 1.165) is 23.8 Å². The van der Waals surface area contributed by atoms with Gasteiger partial charge in [0.15, 0.2) is 11.6 Å². The summed E-state index contributed by atoms with van der Waals surface area (Å²) in [6, 6.07) is 3.68. The molecule has 0 saturated carbocycles.